The van der Waals surface area contributed by atoms with Crippen LogP contribution in [0.15, 0.2) is 0 Å². The summed E-state index contributed by atoms with van der Waals surface area (Å²) < 4.78 is 29.1. The molecule has 1 saturated carbocycles. The van der Waals surface area contributed by atoms with E-state index in [9.17, 15) is 8.42 Å². The monoisotopic (exact) mass is 318 g/mol. The Balaban J connectivity index is 1.80. The first kappa shape index (κ1) is 17.1. The lowest BCUT2D eigenvalue weighted by Crippen LogP contribution is -2.52. The summed E-state index contributed by atoms with van der Waals surface area (Å²) in [5.74, 6) is 0. The number of piperidine rings is 1. The van der Waals surface area contributed by atoms with Crippen LogP contribution in [0.3, 0.4) is 0 Å². The van der Waals surface area contributed by atoms with E-state index in [-0.39, 0.29) is 6.04 Å². The Hall–Kier alpha value is -0.210. The molecule has 2 fully saturated rings. The molecule has 1 atom stereocenters. The minimum Gasteiger partial charge on any atom is -0.329 e. The molecule has 0 aromatic rings. The Morgan fingerprint density at radius 2 is 1.86 bits per heavy atom. The second-order valence-electron chi connectivity index (χ2n) is 6.31. The molecule has 0 bridgehead atoms. The minimum absolute atomic E-state index is 0.0381. The maximum absolute atomic E-state index is 12.4. The number of rotatable bonds is 7. The average molecular weight is 318 g/mol. The smallest absolute Gasteiger partial charge is 0.279 e. The molecule has 1 unspecified atom stereocenters. The first-order chi connectivity index (χ1) is 10.0. The Morgan fingerprint density at radius 3 is 2.52 bits per heavy atom. The number of hydrogen-bond acceptors (Lipinski definition) is 4. The molecule has 0 radical (unpaired) electrons. The van der Waals surface area contributed by atoms with Crippen LogP contribution in [0.5, 0.6) is 0 Å². The molecule has 0 spiro atoms. The zero-order valence-electron chi connectivity index (χ0n) is 13.1. The number of nitrogens with one attached hydrogen (secondary N) is 1. The van der Waals surface area contributed by atoms with Crippen LogP contribution < -0.4 is 10.5 Å². The van der Waals surface area contributed by atoms with E-state index in [1.165, 1.54) is 25.7 Å². The summed E-state index contributed by atoms with van der Waals surface area (Å²) in [6.07, 6.45) is 7.95. The molecule has 1 heterocycles. The van der Waals surface area contributed by atoms with Gasteiger partial charge in [-0.15, -0.1) is 0 Å². The van der Waals surface area contributed by atoms with E-state index in [2.05, 4.69) is 16.7 Å². The summed E-state index contributed by atoms with van der Waals surface area (Å²) in [5, 5.41) is 0. The molecule has 3 N–H and O–H groups in total. The number of hydrogen-bond donors (Lipinski definition) is 2. The molecule has 7 heteroatoms. The quantitative estimate of drug-likeness (QED) is 0.717. The van der Waals surface area contributed by atoms with Crippen molar-refractivity contribution >= 4 is 10.2 Å². The normalized spacial score (nSPS) is 25.8. The van der Waals surface area contributed by atoms with Gasteiger partial charge >= 0.3 is 0 Å². The van der Waals surface area contributed by atoms with Gasteiger partial charge in [0.05, 0.1) is 0 Å². The summed E-state index contributed by atoms with van der Waals surface area (Å²) >= 11 is 0. The highest BCUT2D eigenvalue weighted by Crippen LogP contribution is 2.22. The summed E-state index contributed by atoms with van der Waals surface area (Å²) in [6, 6.07) is 0.588. The third kappa shape index (κ3) is 4.63. The van der Waals surface area contributed by atoms with Crippen molar-refractivity contribution in [2.75, 3.05) is 33.2 Å². The van der Waals surface area contributed by atoms with Crippen molar-refractivity contribution < 1.29 is 8.42 Å². The summed E-state index contributed by atoms with van der Waals surface area (Å²) in [5.41, 5.74) is 5.71. The van der Waals surface area contributed by atoms with E-state index in [0.29, 0.717) is 25.7 Å². The first-order valence-electron chi connectivity index (χ1n) is 8.21. The van der Waals surface area contributed by atoms with E-state index >= 15 is 0 Å². The van der Waals surface area contributed by atoms with Gasteiger partial charge in [0.25, 0.3) is 10.2 Å². The predicted molar refractivity (Wildman–Crippen MR) is 85.2 cm³/mol. The van der Waals surface area contributed by atoms with Crippen molar-refractivity contribution in [1.29, 1.82) is 0 Å². The third-order valence-corrected chi connectivity index (χ3v) is 6.52. The fourth-order valence-corrected chi connectivity index (χ4v) is 4.96. The van der Waals surface area contributed by atoms with Crippen molar-refractivity contribution in [3.8, 4) is 0 Å². The zero-order valence-corrected chi connectivity index (χ0v) is 13.9. The van der Waals surface area contributed by atoms with Crippen molar-refractivity contribution in [3.63, 3.8) is 0 Å². The van der Waals surface area contributed by atoms with Gasteiger partial charge < -0.3 is 10.6 Å². The van der Waals surface area contributed by atoms with Crippen molar-refractivity contribution in [1.82, 2.24) is 13.9 Å². The standard InChI is InChI=1S/C14H30N4O2S/c1-17(13-6-2-3-7-13)11-9-16-21(19,20)18-10-5-4-8-14(18)12-15/h13-14,16H,2-12,15H2,1H3. The van der Waals surface area contributed by atoms with Gasteiger partial charge in [0.15, 0.2) is 0 Å². The average Bonchev–Trinajstić information content (AvgIpc) is 3.01. The molecule has 21 heavy (non-hydrogen) atoms. The molecule has 1 saturated heterocycles. The molecule has 1 aliphatic heterocycles. The lowest BCUT2D eigenvalue weighted by atomic mass is 10.1. The van der Waals surface area contributed by atoms with Crippen molar-refractivity contribution in [3.05, 3.63) is 0 Å². The molecule has 1 aliphatic carbocycles. The lowest BCUT2D eigenvalue weighted by Gasteiger charge is -2.34. The summed E-state index contributed by atoms with van der Waals surface area (Å²) in [4.78, 5) is 2.28. The van der Waals surface area contributed by atoms with Crippen LogP contribution in [-0.4, -0.2) is 62.9 Å². The van der Waals surface area contributed by atoms with Crippen LogP contribution in [0.2, 0.25) is 0 Å². The SMILES string of the molecule is CN(CCNS(=O)(=O)N1CCCCC1CN)C1CCCC1. The number of likely N-dealkylation sites (N-methyl/N-ethyl adjacent to an activating group) is 1. The van der Waals surface area contributed by atoms with Gasteiger partial charge in [-0.05, 0) is 32.7 Å². The van der Waals surface area contributed by atoms with Crippen LogP contribution in [0.1, 0.15) is 44.9 Å². The zero-order chi connectivity index (χ0) is 15.3. The third-order valence-electron chi connectivity index (χ3n) is 4.85. The molecule has 2 aliphatic rings. The van der Waals surface area contributed by atoms with E-state index < -0.39 is 10.2 Å². The fraction of sp³-hybridized carbons (Fsp3) is 1.00. The van der Waals surface area contributed by atoms with Crippen molar-refractivity contribution in [2.45, 2.75) is 57.0 Å². The maximum Gasteiger partial charge on any atom is 0.279 e. The molecule has 124 valence electrons. The van der Waals surface area contributed by atoms with Gasteiger partial charge in [0.2, 0.25) is 0 Å². The van der Waals surface area contributed by atoms with Gasteiger partial charge in [0, 0.05) is 38.3 Å². The lowest BCUT2D eigenvalue weighted by molar-refractivity contribution is 0.241. The number of nitrogens with two attached hydrogens (primary N) is 1. The highest BCUT2D eigenvalue weighted by molar-refractivity contribution is 7.87. The van der Waals surface area contributed by atoms with Gasteiger partial charge in [-0.25, -0.2) is 4.72 Å². The van der Waals surface area contributed by atoms with Crippen molar-refractivity contribution in [2.24, 2.45) is 5.73 Å². The highest BCUT2D eigenvalue weighted by Gasteiger charge is 2.31. The topological polar surface area (TPSA) is 78.7 Å². The van der Waals surface area contributed by atoms with Crippen LogP contribution in [0.4, 0.5) is 0 Å². The molecule has 0 aromatic heterocycles. The van der Waals surface area contributed by atoms with E-state index in [4.69, 9.17) is 5.73 Å². The van der Waals surface area contributed by atoms with Gasteiger partial charge in [0.1, 0.15) is 0 Å². The van der Waals surface area contributed by atoms with Gasteiger partial charge in [-0.2, -0.15) is 12.7 Å². The Kier molecular flexibility index (Phi) is 6.43. The van der Waals surface area contributed by atoms with Crippen LogP contribution >= 0.6 is 0 Å². The second-order valence-corrected chi connectivity index (χ2v) is 8.02. The highest BCUT2D eigenvalue weighted by atomic mass is 32.2. The van der Waals surface area contributed by atoms with Gasteiger partial charge in [-0.3, -0.25) is 0 Å². The number of nitrogens with zero attached hydrogens (tertiary/aromatic N) is 2. The molecule has 6 nitrogen and oxygen atoms in total. The summed E-state index contributed by atoms with van der Waals surface area (Å²) in [7, 11) is -1.30. The Morgan fingerprint density at radius 1 is 1.19 bits per heavy atom. The molecule has 0 amide bonds. The first-order valence-corrected chi connectivity index (χ1v) is 9.65. The Bertz CT molecular complexity index is 409. The molecular formula is C14H30N4O2S. The van der Waals surface area contributed by atoms with Gasteiger partial charge in [-0.1, -0.05) is 19.3 Å². The van der Waals surface area contributed by atoms with Crippen LogP contribution in [0, 0.1) is 0 Å². The Labute approximate surface area is 129 Å². The molecular weight excluding hydrogens is 288 g/mol. The molecule has 0 aromatic carbocycles. The fourth-order valence-electron chi connectivity index (χ4n) is 3.49. The van der Waals surface area contributed by atoms with Crippen LogP contribution in [0.25, 0.3) is 0 Å². The predicted octanol–water partition coefficient (Wildman–Crippen LogP) is 0.508. The van der Waals surface area contributed by atoms with E-state index in [1.54, 1.807) is 4.31 Å². The minimum atomic E-state index is -3.39. The largest absolute Gasteiger partial charge is 0.329 e. The van der Waals surface area contributed by atoms with E-state index in [0.717, 1.165) is 25.8 Å². The maximum atomic E-state index is 12.4. The molecule has 2 rings (SSSR count). The second kappa shape index (κ2) is 7.87. The van der Waals surface area contributed by atoms with E-state index in [1.807, 2.05) is 0 Å². The van der Waals surface area contributed by atoms with Crippen LogP contribution in [-0.2, 0) is 10.2 Å². The summed E-state index contributed by atoms with van der Waals surface area (Å²) in [6.45, 7) is 2.24.